The van der Waals surface area contributed by atoms with Crippen LogP contribution in [0.5, 0.6) is 0 Å². The lowest BCUT2D eigenvalue weighted by Gasteiger charge is -2.26. The number of carbonyl (C=O) groups is 1. The van der Waals surface area contributed by atoms with Crippen molar-refractivity contribution in [3.63, 3.8) is 0 Å². The average Bonchev–Trinajstić information content (AvgIpc) is 3.12. The molecule has 1 fully saturated rings. The van der Waals surface area contributed by atoms with E-state index >= 15 is 0 Å². The Balaban J connectivity index is 1.46. The summed E-state index contributed by atoms with van der Waals surface area (Å²) in [6, 6.07) is 17.0. The standard InChI is InChI=1S/C26H33N3O2/c1-20-7-5-8-21(17-20)23(24-19-28(2)25-10-4-3-9-22(24)25)18-26(30)27-11-6-12-29-13-15-31-16-14-29/h3-5,7-10,17,19,23H,6,11-16,18H2,1-2H3,(H,27,30). The quantitative estimate of drug-likeness (QED) is 0.564. The highest BCUT2D eigenvalue weighted by atomic mass is 16.5. The lowest BCUT2D eigenvalue weighted by Crippen LogP contribution is -2.38. The molecule has 0 spiro atoms. The van der Waals surface area contributed by atoms with Crippen molar-refractivity contribution in [2.75, 3.05) is 39.4 Å². The number of rotatable bonds is 8. The Kier molecular flexibility index (Phi) is 7.05. The maximum absolute atomic E-state index is 12.9. The third-order valence-corrected chi connectivity index (χ3v) is 6.21. The number of aryl methyl sites for hydroxylation is 2. The first-order chi connectivity index (χ1) is 15.1. The Hall–Kier alpha value is -2.63. The van der Waals surface area contributed by atoms with E-state index in [1.54, 1.807) is 0 Å². The van der Waals surface area contributed by atoms with E-state index in [2.05, 4.69) is 83.5 Å². The van der Waals surface area contributed by atoms with Crippen molar-refractivity contribution in [2.45, 2.75) is 25.7 Å². The molecular weight excluding hydrogens is 386 g/mol. The first-order valence-corrected chi connectivity index (χ1v) is 11.3. The molecule has 1 amide bonds. The molecule has 2 heterocycles. The molecule has 1 saturated heterocycles. The molecule has 0 saturated carbocycles. The minimum atomic E-state index is 0.0326. The number of nitrogens with one attached hydrogen (secondary N) is 1. The van der Waals surface area contributed by atoms with Gasteiger partial charge in [0.2, 0.25) is 5.91 Å². The lowest BCUT2D eigenvalue weighted by molar-refractivity contribution is -0.121. The van der Waals surface area contributed by atoms with Crippen molar-refractivity contribution >= 4 is 16.8 Å². The number of fused-ring (bicyclic) bond motifs is 1. The number of hydrogen-bond donors (Lipinski definition) is 1. The van der Waals surface area contributed by atoms with E-state index < -0.39 is 0 Å². The van der Waals surface area contributed by atoms with Crippen molar-refractivity contribution < 1.29 is 9.53 Å². The van der Waals surface area contributed by atoms with Crippen LogP contribution in [0, 0.1) is 6.92 Å². The second-order valence-corrected chi connectivity index (χ2v) is 8.54. The first kappa shape index (κ1) is 21.6. The zero-order valence-corrected chi connectivity index (χ0v) is 18.6. The molecule has 3 aromatic rings. The Morgan fingerprint density at radius 3 is 2.74 bits per heavy atom. The third-order valence-electron chi connectivity index (χ3n) is 6.21. The van der Waals surface area contributed by atoms with E-state index in [1.165, 1.54) is 27.6 Å². The average molecular weight is 420 g/mol. The first-order valence-electron chi connectivity index (χ1n) is 11.3. The van der Waals surface area contributed by atoms with Crippen LogP contribution in [0.4, 0.5) is 0 Å². The van der Waals surface area contributed by atoms with Gasteiger partial charge in [-0.15, -0.1) is 0 Å². The van der Waals surface area contributed by atoms with Crippen LogP contribution in [0.2, 0.25) is 0 Å². The molecule has 0 aliphatic carbocycles. The number of benzene rings is 2. The predicted octanol–water partition coefficient (Wildman–Crippen LogP) is 3.85. The molecule has 0 bridgehead atoms. The number of hydrogen-bond acceptors (Lipinski definition) is 3. The SMILES string of the molecule is Cc1cccc(C(CC(=O)NCCCN2CCOCC2)c2cn(C)c3ccccc23)c1. The zero-order valence-electron chi connectivity index (χ0n) is 18.6. The van der Waals surface area contributed by atoms with Gasteiger partial charge in [0.25, 0.3) is 0 Å². The van der Waals surface area contributed by atoms with E-state index in [-0.39, 0.29) is 11.8 Å². The van der Waals surface area contributed by atoms with E-state index in [0.29, 0.717) is 13.0 Å². The molecule has 1 atom stereocenters. The summed E-state index contributed by atoms with van der Waals surface area (Å²) in [6.07, 6.45) is 3.60. The fourth-order valence-corrected chi connectivity index (χ4v) is 4.56. The normalized spacial score (nSPS) is 15.8. The van der Waals surface area contributed by atoms with Gasteiger partial charge in [0.1, 0.15) is 0 Å². The minimum absolute atomic E-state index is 0.0326. The number of ether oxygens (including phenoxy) is 1. The minimum Gasteiger partial charge on any atom is -0.379 e. The molecular formula is C26H33N3O2. The molecule has 31 heavy (non-hydrogen) atoms. The summed E-state index contributed by atoms with van der Waals surface area (Å²) < 4.78 is 7.56. The number of morpholine rings is 1. The summed E-state index contributed by atoms with van der Waals surface area (Å²) in [6.45, 7) is 7.44. The van der Waals surface area contributed by atoms with Gasteiger partial charge in [0.15, 0.2) is 0 Å². The Bertz CT molecular complexity index is 1020. The van der Waals surface area contributed by atoms with Gasteiger partial charge in [-0.25, -0.2) is 0 Å². The number of amides is 1. The molecule has 1 aliphatic rings. The smallest absolute Gasteiger partial charge is 0.220 e. The zero-order chi connectivity index (χ0) is 21.6. The summed E-state index contributed by atoms with van der Waals surface area (Å²) in [4.78, 5) is 15.3. The van der Waals surface area contributed by atoms with E-state index in [0.717, 1.165) is 39.3 Å². The Morgan fingerprint density at radius 2 is 1.94 bits per heavy atom. The van der Waals surface area contributed by atoms with Crippen LogP contribution in [0.15, 0.2) is 54.7 Å². The van der Waals surface area contributed by atoms with Crippen molar-refractivity contribution in [1.82, 2.24) is 14.8 Å². The van der Waals surface area contributed by atoms with Crippen LogP contribution in [0.1, 0.15) is 35.4 Å². The molecule has 2 aromatic carbocycles. The molecule has 1 aromatic heterocycles. The van der Waals surface area contributed by atoms with E-state index in [9.17, 15) is 4.79 Å². The maximum Gasteiger partial charge on any atom is 0.220 e. The highest BCUT2D eigenvalue weighted by Gasteiger charge is 2.22. The second-order valence-electron chi connectivity index (χ2n) is 8.54. The molecule has 5 nitrogen and oxygen atoms in total. The van der Waals surface area contributed by atoms with E-state index in [1.807, 2.05) is 0 Å². The highest BCUT2D eigenvalue weighted by molar-refractivity contribution is 5.86. The summed E-state index contributed by atoms with van der Waals surface area (Å²) in [5.74, 6) is 0.145. The third kappa shape index (κ3) is 5.35. The fourth-order valence-electron chi connectivity index (χ4n) is 4.56. The number of aromatic nitrogens is 1. The van der Waals surface area contributed by atoms with Crippen LogP contribution >= 0.6 is 0 Å². The molecule has 5 heteroatoms. The van der Waals surface area contributed by atoms with Gasteiger partial charge >= 0.3 is 0 Å². The van der Waals surface area contributed by atoms with Crippen molar-refractivity contribution in [2.24, 2.45) is 7.05 Å². The van der Waals surface area contributed by atoms with Crippen molar-refractivity contribution in [1.29, 1.82) is 0 Å². The number of para-hydroxylation sites is 1. The number of nitrogens with zero attached hydrogens (tertiary/aromatic N) is 2. The molecule has 1 aliphatic heterocycles. The van der Waals surface area contributed by atoms with E-state index in [4.69, 9.17) is 4.74 Å². The van der Waals surface area contributed by atoms with Crippen LogP contribution < -0.4 is 5.32 Å². The van der Waals surface area contributed by atoms with Gasteiger partial charge in [0, 0.05) is 56.1 Å². The predicted molar refractivity (Wildman–Crippen MR) is 125 cm³/mol. The fraction of sp³-hybridized carbons (Fsp3) is 0.423. The molecule has 4 rings (SSSR count). The van der Waals surface area contributed by atoms with Crippen molar-refractivity contribution in [3.8, 4) is 0 Å². The van der Waals surface area contributed by atoms with Gasteiger partial charge in [-0.1, -0.05) is 48.0 Å². The molecule has 164 valence electrons. The summed E-state index contributed by atoms with van der Waals surface area (Å²) in [5, 5.41) is 4.38. The van der Waals surface area contributed by atoms with Crippen molar-refractivity contribution in [3.05, 3.63) is 71.4 Å². The van der Waals surface area contributed by atoms with Gasteiger partial charge in [-0.2, -0.15) is 0 Å². The molecule has 1 unspecified atom stereocenters. The Labute approximate surface area is 185 Å². The monoisotopic (exact) mass is 419 g/mol. The van der Waals surface area contributed by atoms with Crippen LogP contribution in [0.25, 0.3) is 10.9 Å². The number of carbonyl (C=O) groups excluding carboxylic acids is 1. The molecule has 1 N–H and O–H groups in total. The van der Waals surface area contributed by atoms with Crippen LogP contribution in [0.3, 0.4) is 0 Å². The largest absolute Gasteiger partial charge is 0.379 e. The Morgan fingerprint density at radius 1 is 1.13 bits per heavy atom. The molecule has 0 radical (unpaired) electrons. The van der Waals surface area contributed by atoms with Gasteiger partial charge in [0.05, 0.1) is 13.2 Å². The summed E-state index contributed by atoms with van der Waals surface area (Å²) in [5.41, 5.74) is 4.82. The second kappa shape index (κ2) is 10.1. The summed E-state index contributed by atoms with van der Waals surface area (Å²) >= 11 is 0. The summed E-state index contributed by atoms with van der Waals surface area (Å²) in [7, 11) is 2.07. The highest BCUT2D eigenvalue weighted by Crippen LogP contribution is 2.34. The van der Waals surface area contributed by atoms with Gasteiger partial charge < -0.3 is 14.6 Å². The topological polar surface area (TPSA) is 46.5 Å². The van der Waals surface area contributed by atoms with Gasteiger partial charge in [-0.3, -0.25) is 9.69 Å². The lowest BCUT2D eigenvalue weighted by atomic mass is 9.87. The van der Waals surface area contributed by atoms with Crippen LogP contribution in [-0.2, 0) is 16.6 Å². The maximum atomic E-state index is 12.9. The van der Waals surface area contributed by atoms with Crippen LogP contribution in [-0.4, -0.2) is 54.8 Å². The van der Waals surface area contributed by atoms with Gasteiger partial charge in [-0.05, 0) is 37.1 Å².